The van der Waals surface area contributed by atoms with Crippen LogP contribution >= 0.6 is 11.8 Å². The number of piperidine rings is 1. The lowest BCUT2D eigenvalue weighted by molar-refractivity contribution is 0.0497. The van der Waals surface area contributed by atoms with Gasteiger partial charge in [0.2, 0.25) is 0 Å². The summed E-state index contributed by atoms with van der Waals surface area (Å²) in [5.74, 6) is 1.47. The summed E-state index contributed by atoms with van der Waals surface area (Å²) >= 11 is 1.77. The number of thioether (sulfide) groups is 1. The van der Waals surface area contributed by atoms with E-state index < -0.39 is 0 Å². The van der Waals surface area contributed by atoms with Gasteiger partial charge in [-0.2, -0.15) is 0 Å². The van der Waals surface area contributed by atoms with Crippen molar-refractivity contribution < 1.29 is 23.5 Å². The predicted molar refractivity (Wildman–Crippen MR) is 117 cm³/mol. The maximum atomic E-state index is 13.2. The van der Waals surface area contributed by atoms with Gasteiger partial charge in [0.15, 0.2) is 0 Å². The van der Waals surface area contributed by atoms with Crippen LogP contribution < -0.4 is 9.47 Å². The number of amides is 2. The lowest BCUT2D eigenvalue weighted by atomic mass is 10.00. The third-order valence-electron chi connectivity index (χ3n) is 5.94. The Morgan fingerprint density at radius 1 is 0.903 bits per heavy atom. The summed E-state index contributed by atoms with van der Waals surface area (Å²) in [4.78, 5) is 29.6. The van der Waals surface area contributed by atoms with Crippen LogP contribution in [0.5, 0.6) is 11.5 Å². The van der Waals surface area contributed by atoms with E-state index in [0.717, 1.165) is 5.75 Å². The Bertz CT molecular complexity index is 952. The van der Waals surface area contributed by atoms with Crippen molar-refractivity contribution in [2.45, 2.75) is 17.7 Å². The molecule has 2 aliphatic rings. The number of carbonyl (C=O) groups is 2. The summed E-state index contributed by atoms with van der Waals surface area (Å²) < 4.78 is 23.8. The van der Waals surface area contributed by atoms with Crippen LogP contribution in [-0.4, -0.2) is 66.1 Å². The molecule has 6 nitrogen and oxygen atoms in total. The van der Waals surface area contributed by atoms with E-state index in [-0.39, 0.29) is 22.5 Å². The normalized spacial score (nSPS) is 17.6. The van der Waals surface area contributed by atoms with Gasteiger partial charge >= 0.3 is 0 Å². The van der Waals surface area contributed by atoms with Gasteiger partial charge in [-0.3, -0.25) is 9.59 Å². The van der Waals surface area contributed by atoms with Gasteiger partial charge in [0.25, 0.3) is 11.8 Å². The van der Waals surface area contributed by atoms with E-state index in [1.807, 2.05) is 9.80 Å². The second kappa shape index (κ2) is 8.78. The van der Waals surface area contributed by atoms with Crippen LogP contribution in [0, 0.1) is 5.82 Å². The van der Waals surface area contributed by atoms with Crippen LogP contribution in [0.15, 0.2) is 42.5 Å². The zero-order chi connectivity index (χ0) is 22.0. The summed E-state index contributed by atoms with van der Waals surface area (Å²) in [7, 11) is 3.11. The first-order valence-corrected chi connectivity index (χ1v) is 11.2. The van der Waals surface area contributed by atoms with E-state index in [4.69, 9.17) is 9.47 Å². The van der Waals surface area contributed by atoms with Crippen LogP contribution in [0.2, 0.25) is 0 Å². The molecule has 0 saturated carbocycles. The highest BCUT2D eigenvalue weighted by Crippen LogP contribution is 2.44. The molecule has 2 heterocycles. The van der Waals surface area contributed by atoms with Crippen molar-refractivity contribution in [2.24, 2.45) is 0 Å². The predicted octanol–water partition coefficient (Wildman–Crippen LogP) is 3.66. The highest BCUT2D eigenvalue weighted by molar-refractivity contribution is 8.00. The Morgan fingerprint density at radius 3 is 2.10 bits per heavy atom. The van der Waals surface area contributed by atoms with Gasteiger partial charge in [-0.25, -0.2) is 4.39 Å². The van der Waals surface area contributed by atoms with E-state index in [2.05, 4.69) is 0 Å². The summed E-state index contributed by atoms with van der Waals surface area (Å²) in [6, 6.07) is 10.8. The van der Waals surface area contributed by atoms with Gasteiger partial charge in [-0.15, -0.1) is 11.8 Å². The zero-order valence-corrected chi connectivity index (χ0v) is 18.4. The molecule has 0 atom stereocenters. The molecule has 0 bridgehead atoms. The van der Waals surface area contributed by atoms with Crippen LogP contribution in [0.25, 0.3) is 0 Å². The van der Waals surface area contributed by atoms with Crippen LogP contribution in [0.3, 0.4) is 0 Å². The molecule has 0 radical (unpaired) electrons. The average Bonchev–Trinajstić information content (AvgIpc) is 3.21. The summed E-state index contributed by atoms with van der Waals surface area (Å²) in [5.41, 5.74) is 1.01. The first-order valence-electron chi connectivity index (χ1n) is 10.2. The zero-order valence-electron chi connectivity index (χ0n) is 17.6. The molecular formula is C23H25FN2O4S. The molecule has 4 rings (SSSR count). The lowest BCUT2D eigenvalue weighted by Crippen LogP contribution is -2.53. The lowest BCUT2D eigenvalue weighted by Gasteiger charge is -2.44. The summed E-state index contributed by atoms with van der Waals surface area (Å²) in [6.45, 7) is 1.76. The molecule has 2 saturated heterocycles. The number of hydrogen-bond donors (Lipinski definition) is 0. The maximum absolute atomic E-state index is 13.2. The molecule has 1 spiro atoms. The number of hydrogen-bond acceptors (Lipinski definition) is 5. The van der Waals surface area contributed by atoms with Gasteiger partial charge in [0.1, 0.15) is 17.3 Å². The Hall–Kier alpha value is -2.74. The molecule has 31 heavy (non-hydrogen) atoms. The molecular weight excluding hydrogens is 419 g/mol. The fourth-order valence-corrected chi connectivity index (χ4v) is 5.69. The number of ether oxygens (including phenoxy) is 2. The number of halogens is 1. The van der Waals surface area contributed by atoms with E-state index in [9.17, 15) is 14.0 Å². The topological polar surface area (TPSA) is 59.1 Å². The van der Waals surface area contributed by atoms with Crippen LogP contribution in [-0.2, 0) is 0 Å². The van der Waals surface area contributed by atoms with Gasteiger partial charge < -0.3 is 19.3 Å². The van der Waals surface area contributed by atoms with Crippen molar-refractivity contribution in [2.75, 3.05) is 39.6 Å². The molecule has 164 valence electrons. The first kappa shape index (κ1) is 21.5. The van der Waals surface area contributed by atoms with E-state index in [0.29, 0.717) is 55.1 Å². The van der Waals surface area contributed by atoms with Crippen molar-refractivity contribution >= 4 is 23.6 Å². The number of carbonyl (C=O) groups excluding carboxylic acids is 2. The second-order valence-corrected chi connectivity index (χ2v) is 9.11. The monoisotopic (exact) mass is 444 g/mol. The Kier molecular flexibility index (Phi) is 6.09. The molecule has 8 heteroatoms. The fraction of sp³-hybridized carbons (Fsp3) is 0.391. The Labute approximate surface area is 185 Å². The Morgan fingerprint density at radius 2 is 1.52 bits per heavy atom. The van der Waals surface area contributed by atoms with Gasteiger partial charge in [-0.05, 0) is 49.2 Å². The standard InChI is InChI=1S/C23H25FN2O4S/c1-29-19-13-17(14-20(15-19)30-2)21(27)25-9-7-23(8-10-25)26(11-12-31-23)22(28)16-3-5-18(24)6-4-16/h3-6,13-15H,7-12H2,1-2H3. The molecule has 0 N–H and O–H groups in total. The van der Waals surface area contributed by atoms with Crippen molar-refractivity contribution in [1.82, 2.24) is 9.80 Å². The molecule has 2 amide bonds. The molecule has 2 aliphatic heterocycles. The summed E-state index contributed by atoms with van der Waals surface area (Å²) in [5, 5.41) is 0. The SMILES string of the molecule is COc1cc(OC)cc(C(=O)N2CCC3(CC2)SCCN3C(=O)c2ccc(F)cc2)c1. The van der Waals surface area contributed by atoms with Crippen LogP contribution in [0.4, 0.5) is 4.39 Å². The van der Waals surface area contributed by atoms with Crippen molar-refractivity contribution in [3.8, 4) is 11.5 Å². The maximum Gasteiger partial charge on any atom is 0.254 e. The highest BCUT2D eigenvalue weighted by atomic mass is 32.2. The fourth-order valence-electron chi connectivity index (χ4n) is 4.23. The number of rotatable bonds is 4. The second-order valence-electron chi connectivity index (χ2n) is 7.65. The van der Waals surface area contributed by atoms with E-state index in [1.54, 1.807) is 44.2 Å². The van der Waals surface area contributed by atoms with Crippen molar-refractivity contribution in [1.29, 1.82) is 0 Å². The molecule has 2 fully saturated rings. The molecule has 2 aromatic rings. The smallest absolute Gasteiger partial charge is 0.254 e. The Balaban J connectivity index is 1.47. The van der Waals surface area contributed by atoms with Crippen LogP contribution in [0.1, 0.15) is 33.6 Å². The largest absolute Gasteiger partial charge is 0.497 e. The number of methoxy groups -OCH3 is 2. The van der Waals surface area contributed by atoms with Crippen molar-refractivity contribution in [3.63, 3.8) is 0 Å². The number of likely N-dealkylation sites (tertiary alicyclic amines) is 1. The molecule has 0 aliphatic carbocycles. The molecule has 2 aromatic carbocycles. The van der Waals surface area contributed by atoms with Gasteiger partial charge in [-0.1, -0.05) is 0 Å². The van der Waals surface area contributed by atoms with Gasteiger partial charge in [0, 0.05) is 42.6 Å². The third-order valence-corrected chi connectivity index (χ3v) is 7.50. The minimum atomic E-state index is -0.358. The van der Waals surface area contributed by atoms with E-state index in [1.165, 1.54) is 24.3 Å². The number of nitrogens with zero attached hydrogens (tertiary/aromatic N) is 2. The van der Waals surface area contributed by atoms with E-state index >= 15 is 0 Å². The third kappa shape index (κ3) is 4.21. The summed E-state index contributed by atoms with van der Waals surface area (Å²) in [6.07, 6.45) is 1.38. The first-order chi connectivity index (χ1) is 15.0. The number of benzene rings is 2. The molecule has 0 unspecified atom stereocenters. The average molecular weight is 445 g/mol. The quantitative estimate of drug-likeness (QED) is 0.720. The van der Waals surface area contributed by atoms with Crippen molar-refractivity contribution in [3.05, 3.63) is 59.4 Å². The molecule has 0 aromatic heterocycles. The minimum Gasteiger partial charge on any atom is -0.497 e. The highest BCUT2D eigenvalue weighted by Gasteiger charge is 2.47. The minimum absolute atomic E-state index is 0.0774. The van der Waals surface area contributed by atoms with Gasteiger partial charge in [0.05, 0.1) is 19.1 Å².